The summed E-state index contributed by atoms with van der Waals surface area (Å²) in [6.45, 7) is 3.85. The number of ether oxygens (including phenoxy) is 1. The molecule has 8 nitrogen and oxygen atoms in total. The van der Waals surface area contributed by atoms with Crippen molar-refractivity contribution in [1.29, 1.82) is 0 Å². The summed E-state index contributed by atoms with van der Waals surface area (Å²) >= 11 is 12.1. The summed E-state index contributed by atoms with van der Waals surface area (Å²) < 4.78 is 6.67. The molecule has 3 amide bonds. The van der Waals surface area contributed by atoms with E-state index in [1.165, 1.54) is 17.9 Å². The summed E-state index contributed by atoms with van der Waals surface area (Å²) in [4.78, 5) is 38.8. The monoisotopic (exact) mass is 524 g/mol. The van der Waals surface area contributed by atoms with Gasteiger partial charge in [0.25, 0.3) is 5.91 Å². The fraction of sp³-hybridized carbons (Fsp3) is 0.115. The number of hydrogen-bond donors (Lipinski definition) is 3. The Labute approximate surface area is 217 Å². The van der Waals surface area contributed by atoms with Crippen molar-refractivity contribution in [1.82, 2.24) is 4.68 Å². The van der Waals surface area contributed by atoms with Crippen LogP contribution in [0.1, 0.15) is 21.6 Å². The van der Waals surface area contributed by atoms with Gasteiger partial charge in [0.2, 0.25) is 0 Å². The summed E-state index contributed by atoms with van der Waals surface area (Å²) in [5, 5.41) is 6.22. The van der Waals surface area contributed by atoms with Gasteiger partial charge in [0, 0.05) is 11.1 Å². The average molecular weight is 525 g/mol. The number of carbonyl (C=O) groups is 3. The lowest BCUT2D eigenvalue weighted by atomic mass is 10.1. The number of fused-ring (bicyclic) bond motifs is 1. The Balaban J connectivity index is 1.69. The number of methoxy groups -OCH3 is 1. The van der Waals surface area contributed by atoms with Crippen LogP contribution in [0.3, 0.4) is 0 Å². The molecule has 10 heteroatoms. The quantitative estimate of drug-likeness (QED) is 0.298. The highest BCUT2D eigenvalue weighted by molar-refractivity contribution is 6.46. The highest BCUT2D eigenvalue weighted by atomic mass is 35.5. The van der Waals surface area contributed by atoms with Crippen molar-refractivity contribution in [3.8, 4) is 5.75 Å². The molecule has 3 aromatic carbocycles. The summed E-state index contributed by atoms with van der Waals surface area (Å²) in [6.07, 6.45) is 0. The van der Waals surface area contributed by atoms with Crippen molar-refractivity contribution < 1.29 is 19.1 Å². The van der Waals surface area contributed by atoms with Crippen LogP contribution in [-0.4, -0.2) is 29.5 Å². The number of carbonyl (C=O) groups excluding carboxylic acids is 3. The molecule has 0 spiro atoms. The van der Waals surface area contributed by atoms with Crippen molar-refractivity contribution in [3.05, 3.63) is 87.5 Å². The summed E-state index contributed by atoms with van der Waals surface area (Å²) in [5.74, 6) is -2.13. The molecule has 0 saturated carbocycles. The van der Waals surface area contributed by atoms with Crippen molar-refractivity contribution in [3.63, 3.8) is 0 Å². The van der Waals surface area contributed by atoms with Crippen molar-refractivity contribution >= 4 is 63.2 Å². The van der Waals surface area contributed by atoms with Crippen LogP contribution in [0.25, 0.3) is 10.9 Å². The number of aryl methyl sites for hydroxylation is 2. The van der Waals surface area contributed by atoms with Gasteiger partial charge in [-0.3, -0.25) is 19.8 Å². The van der Waals surface area contributed by atoms with Crippen LogP contribution >= 0.6 is 23.2 Å². The van der Waals surface area contributed by atoms with E-state index in [0.29, 0.717) is 22.3 Å². The molecule has 0 aliphatic heterocycles. The molecule has 0 fully saturated rings. The van der Waals surface area contributed by atoms with Gasteiger partial charge in [0.1, 0.15) is 17.0 Å². The third-order valence-corrected chi connectivity index (χ3v) is 6.16. The van der Waals surface area contributed by atoms with E-state index in [0.717, 1.165) is 11.1 Å². The Morgan fingerprint density at radius 1 is 0.861 bits per heavy atom. The zero-order chi connectivity index (χ0) is 26.0. The largest absolute Gasteiger partial charge is 0.494 e. The van der Waals surface area contributed by atoms with Crippen LogP contribution in [-0.2, 0) is 9.59 Å². The topological polar surface area (TPSA) is 101 Å². The first-order valence-electron chi connectivity index (χ1n) is 10.8. The van der Waals surface area contributed by atoms with E-state index in [4.69, 9.17) is 27.9 Å². The van der Waals surface area contributed by atoms with Gasteiger partial charge in [-0.1, -0.05) is 47.5 Å². The third-order valence-electron chi connectivity index (χ3n) is 5.34. The molecule has 0 aliphatic carbocycles. The van der Waals surface area contributed by atoms with Crippen molar-refractivity contribution in [2.75, 3.05) is 23.2 Å². The molecule has 0 unspecified atom stereocenters. The number of amides is 3. The maximum atomic E-state index is 13.3. The van der Waals surface area contributed by atoms with E-state index < -0.39 is 17.7 Å². The Kier molecular flexibility index (Phi) is 7.19. The number of para-hydroxylation sites is 1. The number of benzene rings is 3. The van der Waals surface area contributed by atoms with E-state index in [1.54, 1.807) is 36.4 Å². The van der Waals surface area contributed by atoms with Crippen LogP contribution < -0.4 is 20.8 Å². The molecule has 1 aromatic heterocycles. The molecule has 0 atom stereocenters. The van der Waals surface area contributed by atoms with E-state index in [-0.39, 0.29) is 21.4 Å². The lowest BCUT2D eigenvalue weighted by Gasteiger charge is -2.15. The predicted octanol–water partition coefficient (Wildman–Crippen LogP) is 5.53. The molecule has 184 valence electrons. The Morgan fingerprint density at radius 2 is 1.56 bits per heavy atom. The van der Waals surface area contributed by atoms with Crippen molar-refractivity contribution in [2.24, 2.45) is 0 Å². The number of anilines is 2. The van der Waals surface area contributed by atoms with E-state index >= 15 is 0 Å². The number of hydrogen-bond acceptors (Lipinski definition) is 4. The zero-order valence-electron chi connectivity index (χ0n) is 19.6. The first-order chi connectivity index (χ1) is 17.2. The molecule has 4 aromatic rings. The van der Waals surface area contributed by atoms with Gasteiger partial charge in [-0.2, -0.15) is 0 Å². The van der Waals surface area contributed by atoms with Gasteiger partial charge < -0.3 is 15.4 Å². The molecule has 4 rings (SSSR count). The van der Waals surface area contributed by atoms with Gasteiger partial charge >= 0.3 is 11.8 Å². The Bertz CT molecular complexity index is 1490. The maximum Gasteiger partial charge on any atom is 0.328 e. The first kappa shape index (κ1) is 25.1. The second kappa shape index (κ2) is 10.3. The van der Waals surface area contributed by atoms with Crippen LogP contribution in [0.4, 0.5) is 11.4 Å². The number of nitrogens with zero attached hydrogens (tertiary/aromatic N) is 1. The molecular weight excluding hydrogens is 503 g/mol. The van der Waals surface area contributed by atoms with Gasteiger partial charge in [-0.05, 0) is 61.4 Å². The number of rotatable bonds is 5. The standard InChI is InChI=1S/C26H22Cl2N4O4/c1-14-10-15(2)12-17(11-14)29-24(33)20-13-16-6-4-9-21(36-3)23(16)32(20)31-26(35)25(34)30-19-8-5-7-18(27)22(19)28/h4-13H,1-3H3,(H,29,33)(H,30,34)(H,31,35). The lowest BCUT2D eigenvalue weighted by Crippen LogP contribution is -2.36. The number of halogens is 2. The first-order valence-corrected chi connectivity index (χ1v) is 11.6. The minimum Gasteiger partial charge on any atom is -0.494 e. The number of nitrogens with one attached hydrogen (secondary N) is 3. The molecule has 0 radical (unpaired) electrons. The highest BCUT2D eigenvalue weighted by Gasteiger charge is 2.23. The second-order valence-corrected chi connectivity index (χ2v) is 8.88. The SMILES string of the molecule is COc1cccc2cc(C(=O)Nc3cc(C)cc(C)c3)n(NC(=O)C(=O)Nc3cccc(Cl)c3Cl)c12. The van der Waals surface area contributed by atoms with Crippen molar-refractivity contribution in [2.45, 2.75) is 13.8 Å². The Morgan fingerprint density at radius 3 is 2.25 bits per heavy atom. The summed E-state index contributed by atoms with van der Waals surface area (Å²) in [5.41, 5.74) is 5.74. The smallest absolute Gasteiger partial charge is 0.328 e. The predicted molar refractivity (Wildman–Crippen MR) is 142 cm³/mol. The molecule has 36 heavy (non-hydrogen) atoms. The van der Waals surface area contributed by atoms with Gasteiger partial charge in [-0.25, -0.2) is 4.68 Å². The highest BCUT2D eigenvalue weighted by Crippen LogP contribution is 2.30. The summed E-state index contributed by atoms with van der Waals surface area (Å²) in [6, 6.07) is 17.1. The molecule has 0 aliphatic rings. The van der Waals surface area contributed by atoms with Crippen LogP contribution in [0.15, 0.2) is 60.7 Å². The number of aromatic nitrogens is 1. The second-order valence-electron chi connectivity index (χ2n) is 8.09. The van der Waals surface area contributed by atoms with Crippen LogP contribution in [0.5, 0.6) is 5.75 Å². The fourth-order valence-electron chi connectivity index (χ4n) is 3.85. The van der Waals surface area contributed by atoms with Crippen LogP contribution in [0, 0.1) is 13.8 Å². The maximum absolute atomic E-state index is 13.3. The van der Waals surface area contributed by atoms with E-state index in [2.05, 4.69) is 16.1 Å². The normalized spacial score (nSPS) is 10.7. The lowest BCUT2D eigenvalue weighted by molar-refractivity contribution is -0.133. The molecule has 3 N–H and O–H groups in total. The molecule has 1 heterocycles. The average Bonchev–Trinajstić information content (AvgIpc) is 3.20. The van der Waals surface area contributed by atoms with Gasteiger partial charge in [0.15, 0.2) is 0 Å². The molecule has 0 bridgehead atoms. The van der Waals surface area contributed by atoms with Gasteiger partial charge in [0.05, 0.1) is 22.8 Å². The fourth-order valence-corrected chi connectivity index (χ4v) is 4.20. The molecule has 0 saturated heterocycles. The molecular formula is C26H22Cl2N4O4. The minimum absolute atomic E-state index is 0.0931. The Hall–Kier alpha value is -4.01. The van der Waals surface area contributed by atoms with Crippen LogP contribution in [0.2, 0.25) is 10.0 Å². The minimum atomic E-state index is -1.03. The van der Waals surface area contributed by atoms with Gasteiger partial charge in [-0.15, -0.1) is 0 Å². The summed E-state index contributed by atoms with van der Waals surface area (Å²) in [7, 11) is 1.47. The third kappa shape index (κ3) is 5.15. The van der Waals surface area contributed by atoms with E-state index in [1.807, 2.05) is 32.0 Å². The van der Waals surface area contributed by atoms with E-state index in [9.17, 15) is 14.4 Å². The zero-order valence-corrected chi connectivity index (χ0v) is 21.1.